The molecule has 1 aliphatic rings. The first kappa shape index (κ1) is 24.0. The van der Waals surface area contributed by atoms with Crippen LogP contribution in [-0.2, 0) is 21.9 Å². The van der Waals surface area contributed by atoms with Crippen LogP contribution in [-0.4, -0.2) is 49.7 Å². The monoisotopic (exact) mass is 520 g/mol. The molecule has 4 aromatic rings. The summed E-state index contributed by atoms with van der Waals surface area (Å²) in [5.74, 6) is 1.04. The number of nitrogens with zero attached hydrogens (tertiary/aromatic N) is 4. The van der Waals surface area contributed by atoms with E-state index in [0.717, 1.165) is 22.4 Å². The highest BCUT2D eigenvalue weighted by atomic mass is 32.2. The summed E-state index contributed by atoms with van der Waals surface area (Å²) in [6.07, 6.45) is 2.60. The molecule has 184 valence electrons. The molecular formula is C25H24N6O3S2. The molecule has 9 nitrogen and oxygen atoms in total. The van der Waals surface area contributed by atoms with E-state index in [0.29, 0.717) is 34.8 Å². The predicted octanol–water partition coefficient (Wildman–Crippen LogP) is 4.96. The van der Waals surface area contributed by atoms with Crippen molar-refractivity contribution in [2.45, 2.75) is 36.4 Å². The number of thioether (sulfide) groups is 1. The molecule has 3 heterocycles. The molecule has 2 amide bonds. The number of aromatic nitrogens is 4. The highest BCUT2D eigenvalue weighted by molar-refractivity contribution is 7.98. The van der Waals surface area contributed by atoms with Crippen LogP contribution < -0.4 is 5.32 Å². The van der Waals surface area contributed by atoms with Crippen LogP contribution in [0.5, 0.6) is 0 Å². The number of hydrogen-bond donors (Lipinski definition) is 2. The van der Waals surface area contributed by atoms with Gasteiger partial charge < -0.3 is 10.1 Å². The van der Waals surface area contributed by atoms with E-state index in [-0.39, 0.29) is 12.5 Å². The quantitative estimate of drug-likeness (QED) is 0.316. The summed E-state index contributed by atoms with van der Waals surface area (Å²) in [5, 5.41) is 11.3. The lowest BCUT2D eigenvalue weighted by Crippen LogP contribution is -2.43. The molecule has 0 radical (unpaired) electrons. The van der Waals surface area contributed by atoms with Gasteiger partial charge in [0.2, 0.25) is 5.91 Å². The fraction of sp³-hybridized carbons (Fsp3) is 0.240. The van der Waals surface area contributed by atoms with Gasteiger partial charge in [-0.15, -0.1) is 11.3 Å². The lowest BCUT2D eigenvalue weighted by Gasteiger charge is -2.22. The summed E-state index contributed by atoms with van der Waals surface area (Å²) >= 11 is 2.91. The number of carbonyl (C=O) groups is 2. The molecule has 0 aliphatic carbocycles. The molecule has 2 aromatic heterocycles. The SMILES string of the molecule is O=C(Nc1ncc(CSc2nc(-c3ccccc3)n[nH]2)s1)C1CCCN1C(=O)OCc1ccccc1. The van der Waals surface area contributed by atoms with E-state index in [2.05, 4.69) is 25.5 Å². The topological polar surface area (TPSA) is 113 Å². The number of benzene rings is 2. The average Bonchev–Trinajstić information content (AvgIpc) is 3.68. The third kappa shape index (κ3) is 5.92. The van der Waals surface area contributed by atoms with Gasteiger partial charge in [-0.05, 0) is 18.4 Å². The van der Waals surface area contributed by atoms with Crippen molar-refractivity contribution in [2.24, 2.45) is 0 Å². The molecule has 0 saturated carbocycles. The molecule has 1 saturated heterocycles. The van der Waals surface area contributed by atoms with Gasteiger partial charge in [-0.1, -0.05) is 72.4 Å². The molecule has 36 heavy (non-hydrogen) atoms. The fourth-order valence-corrected chi connectivity index (χ4v) is 5.49. The first-order valence-electron chi connectivity index (χ1n) is 11.5. The van der Waals surface area contributed by atoms with E-state index in [1.165, 1.54) is 28.0 Å². The van der Waals surface area contributed by atoms with Crippen molar-refractivity contribution >= 4 is 40.2 Å². The molecule has 1 atom stereocenters. The molecule has 5 rings (SSSR count). The molecular weight excluding hydrogens is 496 g/mol. The maximum Gasteiger partial charge on any atom is 0.410 e. The van der Waals surface area contributed by atoms with Gasteiger partial charge in [0.05, 0.1) is 0 Å². The number of aromatic amines is 1. The van der Waals surface area contributed by atoms with Crippen molar-refractivity contribution in [2.75, 3.05) is 11.9 Å². The number of rotatable bonds is 8. The Kier molecular flexibility index (Phi) is 7.58. The summed E-state index contributed by atoms with van der Waals surface area (Å²) in [6, 6.07) is 18.7. The molecule has 2 aromatic carbocycles. The number of likely N-dealkylation sites (tertiary alicyclic amines) is 1. The van der Waals surface area contributed by atoms with E-state index in [9.17, 15) is 9.59 Å². The average molecular weight is 521 g/mol. The predicted molar refractivity (Wildman–Crippen MR) is 138 cm³/mol. The van der Waals surface area contributed by atoms with Gasteiger partial charge >= 0.3 is 6.09 Å². The fourth-order valence-electron chi connectivity index (χ4n) is 3.85. The number of thiazole rings is 1. The maximum absolute atomic E-state index is 12.9. The van der Waals surface area contributed by atoms with Crippen molar-refractivity contribution in [1.82, 2.24) is 25.1 Å². The van der Waals surface area contributed by atoms with E-state index in [1.54, 1.807) is 6.20 Å². The van der Waals surface area contributed by atoms with E-state index < -0.39 is 12.1 Å². The van der Waals surface area contributed by atoms with Crippen LogP contribution in [0.2, 0.25) is 0 Å². The summed E-state index contributed by atoms with van der Waals surface area (Å²) in [4.78, 5) is 36.8. The zero-order chi connectivity index (χ0) is 24.7. The molecule has 2 N–H and O–H groups in total. The normalized spacial score (nSPS) is 15.1. The smallest absolute Gasteiger partial charge is 0.410 e. The number of amides is 2. The molecule has 0 spiro atoms. The van der Waals surface area contributed by atoms with Crippen molar-refractivity contribution in [3.8, 4) is 11.4 Å². The molecule has 1 aliphatic heterocycles. The Morgan fingerprint density at radius 2 is 1.92 bits per heavy atom. The van der Waals surface area contributed by atoms with Crippen molar-refractivity contribution in [1.29, 1.82) is 0 Å². The Morgan fingerprint density at radius 1 is 1.14 bits per heavy atom. The first-order chi connectivity index (χ1) is 17.7. The lowest BCUT2D eigenvalue weighted by atomic mass is 10.2. The van der Waals surface area contributed by atoms with Gasteiger partial charge in [0.25, 0.3) is 0 Å². The summed E-state index contributed by atoms with van der Waals surface area (Å²) in [7, 11) is 0. The number of H-pyrrole nitrogens is 1. The molecule has 11 heteroatoms. The zero-order valence-corrected chi connectivity index (χ0v) is 20.9. The minimum atomic E-state index is -0.569. The number of carbonyl (C=O) groups excluding carboxylic acids is 2. The standard InChI is InChI=1S/C25H24N6O3S2/c32-22(20-12-7-13-31(20)25(33)34-15-17-8-3-1-4-9-17)28-23-26-14-19(36-23)16-35-24-27-21(29-30-24)18-10-5-2-6-11-18/h1-6,8-11,14,20H,7,12-13,15-16H2,(H,26,28,32)(H,27,29,30). The zero-order valence-electron chi connectivity index (χ0n) is 19.3. The summed E-state index contributed by atoms with van der Waals surface area (Å²) in [6.45, 7) is 0.670. The second kappa shape index (κ2) is 11.4. The number of nitrogens with one attached hydrogen (secondary N) is 2. The Labute approximate surface area is 216 Å². The number of hydrogen-bond acceptors (Lipinski definition) is 8. The van der Waals surface area contributed by atoms with E-state index in [1.807, 2.05) is 60.7 Å². The Bertz CT molecular complexity index is 1310. The number of ether oxygens (including phenoxy) is 1. The largest absolute Gasteiger partial charge is 0.445 e. The first-order valence-corrected chi connectivity index (χ1v) is 13.3. The highest BCUT2D eigenvalue weighted by Gasteiger charge is 2.35. The van der Waals surface area contributed by atoms with Gasteiger partial charge in [-0.3, -0.25) is 14.8 Å². The number of anilines is 1. The van der Waals surface area contributed by atoms with Crippen molar-refractivity contribution < 1.29 is 14.3 Å². The van der Waals surface area contributed by atoms with Gasteiger partial charge in [-0.2, -0.15) is 5.10 Å². The van der Waals surface area contributed by atoms with Crippen LogP contribution in [0, 0.1) is 0 Å². The van der Waals surface area contributed by atoms with Gasteiger partial charge in [-0.25, -0.2) is 14.8 Å². The Balaban J connectivity index is 1.12. The van der Waals surface area contributed by atoms with E-state index in [4.69, 9.17) is 4.74 Å². The van der Waals surface area contributed by atoms with Crippen LogP contribution in [0.4, 0.5) is 9.93 Å². The van der Waals surface area contributed by atoms with Crippen LogP contribution in [0.3, 0.4) is 0 Å². The second-order valence-corrected chi connectivity index (χ2v) is 10.2. The van der Waals surface area contributed by atoms with Gasteiger partial charge in [0.1, 0.15) is 12.6 Å². The van der Waals surface area contributed by atoms with Crippen molar-refractivity contribution in [3.05, 3.63) is 77.3 Å². The third-order valence-corrected chi connectivity index (χ3v) is 7.63. The minimum absolute atomic E-state index is 0.177. The van der Waals surface area contributed by atoms with Crippen molar-refractivity contribution in [3.63, 3.8) is 0 Å². The van der Waals surface area contributed by atoms with Gasteiger partial charge in [0.15, 0.2) is 16.1 Å². The van der Waals surface area contributed by atoms with Crippen LogP contribution in [0.15, 0.2) is 72.0 Å². The molecule has 1 fully saturated rings. The van der Waals surface area contributed by atoms with Gasteiger partial charge in [0, 0.05) is 28.9 Å². The van der Waals surface area contributed by atoms with E-state index >= 15 is 0 Å². The maximum atomic E-state index is 12.9. The second-order valence-electron chi connectivity index (χ2n) is 8.13. The minimum Gasteiger partial charge on any atom is -0.445 e. The Morgan fingerprint density at radius 3 is 2.72 bits per heavy atom. The molecule has 0 bridgehead atoms. The van der Waals surface area contributed by atoms with Crippen LogP contribution in [0.1, 0.15) is 23.3 Å². The highest BCUT2D eigenvalue weighted by Crippen LogP contribution is 2.28. The van der Waals surface area contributed by atoms with Crippen LogP contribution in [0.25, 0.3) is 11.4 Å². The summed E-state index contributed by atoms with van der Waals surface area (Å²) in [5.41, 5.74) is 1.86. The summed E-state index contributed by atoms with van der Waals surface area (Å²) < 4.78 is 5.43. The third-order valence-electron chi connectivity index (χ3n) is 5.63. The molecule has 1 unspecified atom stereocenters. The Hall–Kier alpha value is -3.70. The van der Waals surface area contributed by atoms with Crippen LogP contribution >= 0.6 is 23.1 Å². The lowest BCUT2D eigenvalue weighted by molar-refractivity contribution is -0.120.